The number of para-hydroxylation sites is 8. The molecule has 0 fully saturated rings. The third-order valence-corrected chi connectivity index (χ3v) is 18.4. The highest BCUT2D eigenvalue weighted by Crippen LogP contribution is 2.46. The smallest absolute Gasteiger partial charge is 0.0638 e. The Hall–Kier alpha value is -11.1. The van der Waals surface area contributed by atoms with Crippen molar-refractivity contribution < 1.29 is 0 Å². The molecule has 84 heavy (non-hydrogen) atoms. The van der Waals surface area contributed by atoms with Crippen molar-refractivity contribution >= 4 is 142 Å². The van der Waals surface area contributed by atoms with E-state index in [9.17, 15) is 0 Å². The molecule has 6 heteroatoms. The van der Waals surface area contributed by atoms with Crippen molar-refractivity contribution in [3.63, 3.8) is 0 Å². The highest BCUT2D eigenvalue weighted by molar-refractivity contribution is 6.27. The molecule has 12 aromatic carbocycles. The van der Waals surface area contributed by atoms with Gasteiger partial charge in [0.25, 0.3) is 0 Å². The molecule has 6 aromatic heterocycles. The second kappa shape index (κ2) is 17.2. The van der Waals surface area contributed by atoms with Crippen molar-refractivity contribution in [1.29, 1.82) is 0 Å². The average Bonchev–Trinajstić information content (AvgIpc) is 1.82. The minimum Gasteiger partial charge on any atom is -0.312 e. The van der Waals surface area contributed by atoms with Crippen LogP contribution in [0.2, 0.25) is 0 Å². The molecule has 0 bridgehead atoms. The second-order valence-electron chi connectivity index (χ2n) is 22.7. The topological polar surface area (TPSA) is 29.6 Å². The third-order valence-electron chi connectivity index (χ3n) is 18.4. The van der Waals surface area contributed by atoms with Crippen LogP contribution in [-0.4, -0.2) is 27.4 Å². The summed E-state index contributed by atoms with van der Waals surface area (Å²) in [6, 6.07) is 99.0. The summed E-state index contributed by atoms with van der Waals surface area (Å²) in [5, 5.41) is 15.0. The van der Waals surface area contributed by atoms with Gasteiger partial charge in [0, 0.05) is 98.8 Å². The van der Waals surface area contributed by atoms with Gasteiger partial charge in [-0.05, 0) is 122 Å². The quantitative estimate of drug-likeness (QED) is 0.159. The number of aromatic nitrogens is 6. The lowest BCUT2D eigenvalue weighted by molar-refractivity contribution is 0.970. The Morgan fingerprint density at radius 1 is 0.226 bits per heavy atom. The molecule has 6 nitrogen and oxygen atoms in total. The number of hydrogen-bond donors (Lipinski definition) is 0. The van der Waals surface area contributed by atoms with Crippen LogP contribution in [0.25, 0.3) is 165 Å². The maximum absolute atomic E-state index is 2.60. The van der Waals surface area contributed by atoms with Crippen LogP contribution in [0.15, 0.2) is 279 Å². The minimum absolute atomic E-state index is 0.925. The summed E-state index contributed by atoms with van der Waals surface area (Å²) in [6.45, 7) is 0. The predicted octanol–water partition coefficient (Wildman–Crippen LogP) is 20.5. The Labute approximate surface area is 481 Å². The molecule has 0 saturated heterocycles. The summed E-state index contributed by atoms with van der Waals surface area (Å²) in [6.07, 6.45) is 6.75. The Morgan fingerprint density at radius 3 is 1.00 bits per heavy atom. The first kappa shape index (κ1) is 45.6. The second-order valence-corrected chi connectivity index (χ2v) is 22.7. The summed E-state index contributed by atoms with van der Waals surface area (Å²) in [5.74, 6) is 0. The Balaban J connectivity index is 0.800. The lowest BCUT2D eigenvalue weighted by atomic mass is 10.1. The lowest BCUT2D eigenvalue weighted by Crippen LogP contribution is -2.04. The van der Waals surface area contributed by atoms with E-state index in [4.69, 9.17) is 0 Å². The Bertz CT molecular complexity index is 5830. The van der Waals surface area contributed by atoms with Gasteiger partial charge in [-0.2, -0.15) is 0 Å². The number of hydrogen-bond acceptors (Lipinski definition) is 0. The molecule has 0 spiro atoms. The van der Waals surface area contributed by atoms with E-state index in [2.05, 4.69) is 306 Å². The fraction of sp³-hybridized carbons (Fsp3) is 0.0256. The van der Waals surface area contributed by atoms with Gasteiger partial charge in [0.05, 0.1) is 66.2 Å². The van der Waals surface area contributed by atoms with Crippen LogP contribution in [0.4, 0.5) is 0 Å². The Morgan fingerprint density at radius 2 is 0.560 bits per heavy atom. The van der Waals surface area contributed by atoms with E-state index in [1.165, 1.54) is 142 Å². The van der Waals surface area contributed by atoms with Crippen LogP contribution >= 0.6 is 0 Å². The SMILES string of the molecule is C1=C(n2c3ccccc3c3ccccc32)C=C(n2c3ccccc3c3ccc4c(c5ccccc5n4-c4cccc(-n5c6ccccc6c6cc7c(cc65)c5ccccc5n7-c5cccc(-n6c7ccccc7c7ccccc76)c5)c4)c32)CC1. The molecule has 0 amide bonds. The zero-order valence-corrected chi connectivity index (χ0v) is 45.7. The van der Waals surface area contributed by atoms with Gasteiger partial charge in [0.15, 0.2) is 0 Å². The number of benzene rings is 12. The van der Waals surface area contributed by atoms with E-state index < -0.39 is 0 Å². The van der Waals surface area contributed by atoms with Crippen molar-refractivity contribution in [3.8, 4) is 22.7 Å². The number of nitrogens with zero attached hydrogens (tertiary/aromatic N) is 6. The van der Waals surface area contributed by atoms with Crippen molar-refractivity contribution in [2.75, 3.05) is 0 Å². The molecule has 0 N–H and O–H groups in total. The maximum Gasteiger partial charge on any atom is 0.0638 e. The lowest BCUT2D eigenvalue weighted by Gasteiger charge is -2.20. The number of rotatable bonds is 6. The molecule has 0 unspecified atom stereocenters. The fourth-order valence-corrected chi connectivity index (χ4v) is 15.0. The molecule has 6 heterocycles. The molecule has 0 saturated carbocycles. The fourth-order valence-electron chi connectivity index (χ4n) is 15.0. The van der Waals surface area contributed by atoms with Gasteiger partial charge in [0.2, 0.25) is 0 Å². The van der Waals surface area contributed by atoms with E-state index in [1.54, 1.807) is 0 Å². The monoisotopic (exact) mass is 1070 g/mol. The van der Waals surface area contributed by atoms with E-state index in [0.29, 0.717) is 0 Å². The van der Waals surface area contributed by atoms with Gasteiger partial charge in [-0.25, -0.2) is 0 Å². The first-order valence-corrected chi connectivity index (χ1v) is 29.2. The minimum atomic E-state index is 0.925. The van der Waals surface area contributed by atoms with Gasteiger partial charge in [-0.15, -0.1) is 0 Å². The van der Waals surface area contributed by atoms with Gasteiger partial charge >= 0.3 is 0 Å². The zero-order valence-electron chi connectivity index (χ0n) is 45.7. The molecule has 0 radical (unpaired) electrons. The molecule has 1 aliphatic carbocycles. The summed E-state index contributed by atoms with van der Waals surface area (Å²) in [7, 11) is 0. The highest BCUT2D eigenvalue weighted by Gasteiger charge is 2.25. The van der Waals surface area contributed by atoms with Crippen LogP contribution in [0.5, 0.6) is 0 Å². The summed E-state index contributed by atoms with van der Waals surface area (Å²) in [4.78, 5) is 0. The largest absolute Gasteiger partial charge is 0.312 e. The van der Waals surface area contributed by atoms with Gasteiger partial charge < -0.3 is 27.4 Å². The van der Waals surface area contributed by atoms with Crippen LogP contribution in [-0.2, 0) is 0 Å². The molecular formula is C78H50N6. The number of allylic oxidation sites excluding steroid dienone is 4. The standard InChI is InChI=1S/C78H50N6/c1-9-34-66-55(26-1)56-27-2-10-35-67(56)79(66)49-20-17-23-52(44-49)82-70-38-13-6-31-60(70)64-48-76-65(47-75(64)82)61-32-7-14-39-71(61)83(76)53-24-18-22-51(45-53)81-73-41-16-8-33-63(73)77-74(81)43-42-62-59-30-5-15-40-72(59)84(78(62)77)54-25-19-21-50(46-54)80-68-36-11-3-28-57(68)58-29-4-12-37-69(58)80/h1-18,20-24,26-48H,19,25H2. The van der Waals surface area contributed by atoms with E-state index >= 15 is 0 Å². The summed E-state index contributed by atoms with van der Waals surface area (Å²) >= 11 is 0. The van der Waals surface area contributed by atoms with Gasteiger partial charge in [-0.3, -0.25) is 0 Å². The molecule has 0 atom stereocenters. The molecule has 392 valence electrons. The van der Waals surface area contributed by atoms with Crippen LogP contribution in [0.1, 0.15) is 12.8 Å². The Kier molecular flexibility index (Phi) is 9.36. The van der Waals surface area contributed by atoms with E-state index in [0.717, 1.165) is 35.6 Å². The molecule has 19 rings (SSSR count). The average molecular weight is 1070 g/mol. The van der Waals surface area contributed by atoms with Gasteiger partial charge in [-0.1, -0.05) is 170 Å². The zero-order chi connectivity index (χ0) is 54.7. The first-order chi connectivity index (χ1) is 41.7. The molecular weight excluding hydrogens is 1020 g/mol. The predicted molar refractivity (Wildman–Crippen MR) is 354 cm³/mol. The highest BCUT2D eigenvalue weighted by atomic mass is 15.1. The van der Waals surface area contributed by atoms with Crippen molar-refractivity contribution in [3.05, 3.63) is 279 Å². The van der Waals surface area contributed by atoms with Crippen LogP contribution in [0, 0.1) is 0 Å². The molecule has 18 aromatic rings. The van der Waals surface area contributed by atoms with Crippen molar-refractivity contribution in [1.82, 2.24) is 27.4 Å². The van der Waals surface area contributed by atoms with Crippen molar-refractivity contribution in [2.24, 2.45) is 0 Å². The summed E-state index contributed by atoms with van der Waals surface area (Å²) < 4.78 is 14.9. The van der Waals surface area contributed by atoms with E-state index in [-0.39, 0.29) is 0 Å². The molecule has 0 aliphatic heterocycles. The first-order valence-electron chi connectivity index (χ1n) is 29.2. The van der Waals surface area contributed by atoms with Crippen LogP contribution in [0.3, 0.4) is 0 Å². The van der Waals surface area contributed by atoms with E-state index in [1.807, 2.05) is 0 Å². The normalized spacial score (nSPS) is 13.3. The van der Waals surface area contributed by atoms with Crippen LogP contribution < -0.4 is 0 Å². The third kappa shape index (κ3) is 6.23. The maximum atomic E-state index is 2.60. The molecule has 1 aliphatic rings. The van der Waals surface area contributed by atoms with Crippen molar-refractivity contribution in [2.45, 2.75) is 12.8 Å². The summed E-state index contributed by atoms with van der Waals surface area (Å²) in [5.41, 5.74) is 21.4. The number of fused-ring (bicyclic) bond motifs is 19. The van der Waals surface area contributed by atoms with Gasteiger partial charge in [0.1, 0.15) is 0 Å².